The number of hydrogen-bond donors (Lipinski definition) is 5. The maximum absolute atomic E-state index is 13.7. The molecule has 0 spiro atoms. The first-order valence-electron chi connectivity index (χ1n) is 12.2. The van der Waals surface area contributed by atoms with Crippen LogP contribution in [0.5, 0.6) is 0 Å². The SMILES string of the molecule is CN1CC(OC2CCN(C3CCNCC3NC(=O)C3C(N)NN4CC(F)CNC34)CC2)C1. The maximum Gasteiger partial charge on any atom is 0.229 e. The van der Waals surface area contributed by atoms with Crippen molar-refractivity contribution in [3.05, 3.63) is 0 Å². The zero-order valence-corrected chi connectivity index (χ0v) is 19.0. The third kappa shape index (κ3) is 4.80. The summed E-state index contributed by atoms with van der Waals surface area (Å²) in [5, 5.41) is 11.6. The summed E-state index contributed by atoms with van der Waals surface area (Å²) in [7, 11) is 2.13. The summed E-state index contributed by atoms with van der Waals surface area (Å²) in [5.74, 6) is -0.516. The van der Waals surface area contributed by atoms with E-state index in [-0.39, 0.29) is 31.2 Å². The molecule has 5 rings (SSSR count). The number of fused-ring (bicyclic) bond motifs is 1. The van der Waals surface area contributed by atoms with Gasteiger partial charge in [-0.25, -0.2) is 14.8 Å². The van der Waals surface area contributed by atoms with Gasteiger partial charge in [0.05, 0.1) is 36.5 Å². The van der Waals surface area contributed by atoms with E-state index in [0.29, 0.717) is 18.2 Å². The monoisotopic (exact) mass is 454 g/mol. The first-order valence-corrected chi connectivity index (χ1v) is 12.2. The molecule has 0 radical (unpaired) electrons. The van der Waals surface area contributed by atoms with E-state index < -0.39 is 18.3 Å². The summed E-state index contributed by atoms with van der Waals surface area (Å²) in [5.41, 5.74) is 9.29. The highest BCUT2D eigenvalue weighted by Gasteiger charge is 2.48. The number of nitrogens with zero attached hydrogens (tertiary/aromatic N) is 3. The van der Waals surface area contributed by atoms with Gasteiger partial charge in [0.15, 0.2) is 0 Å². The number of ether oxygens (including phenoxy) is 1. The summed E-state index contributed by atoms with van der Waals surface area (Å²) in [4.78, 5) is 18.1. The van der Waals surface area contributed by atoms with Gasteiger partial charge in [-0.3, -0.25) is 15.0 Å². The van der Waals surface area contributed by atoms with Gasteiger partial charge < -0.3 is 26.0 Å². The third-order valence-corrected chi connectivity index (χ3v) is 7.76. The lowest BCUT2D eigenvalue weighted by Crippen LogP contribution is -2.64. The normalized spacial score (nSPS) is 40.7. The summed E-state index contributed by atoms with van der Waals surface area (Å²) in [6, 6.07) is 0.347. The second kappa shape index (κ2) is 9.75. The molecule has 5 aliphatic heterocycles. The lowest BCUT2D eigenvalue weighted by Gasteiger charge is -2.45. The molecule has 1 amide bonds. The maximum atomic E-state index is 13.7. The van der Waals surface area contributed by atoms with Crippen LogP contribution in [0.15, 0.2) is 0 Å². The van der Waals surface area contributed by atoms with Crippen molar-refractivity contribution < 1.29 is 13.9 Å². The average molecular weight is 455 g/mol. The minimum atomic E-state index is -0.961. The predicted octanol–water partition coefficient (Wildman–Crippen LogP) is -2.38. The van der Waals surface area contributed by atoms with Crippen LogP contribution in [0.3, 0.4) is 0 Å². The number of nitrogens with one attached hydrogen (secondary N) is 4. The van der Waals surface area contributed by atoms with E-state index in [9.17, 15) is 9.18 Å². The number of hydrazine groups is 1. The Morgan fingerprint density at radius 3 is 2.66 bits per heavy atom. The van der Waals surface area contributed by atoms with Gasteiger partial charge in [0.1, 0.15) is 6.17 Å². The summed E-state index contributed by atoms with van der Waals surface area (Å²) < 4.78 is 20.0. The van der Waals surface area contributed by atoms with Crippen molar-refractivity contribution in [2.24, 2.45) is 11.7 Å². The van der Waals surface area contributed by atoms with Crippen molar-refractivity contribution in [2.45, 2.75) is 62.1 Å². The third-order valence-electron chi connectivity index (χ3n) is 7.76. The largest absolute Gasteiger partial charge is 0.372 e. The van der Waals surface area contributed by atoms with E-state index in [1.807, 2.05) is 0 Å². The zero-order chi connectivity index (χ0) is 22.2. The molecule has 0 saturated carbocycles. The topological polar surface area (TPSA) is 110 Å². The number of rotatable bonds is 5. The Labute approximate surface area is 189 Å². The molecule has 11 heteroatoms. The number of likely N-dealkylation sites (N-methyl/N-ethyl adjacent to an activating group) is 1. The van der Waals surface area contributed by atoms with Gasteiger partial charge in [-0.1, -0.05) is 0 Å². The molecule has 6 unspecified atom stereocenters. The number of halogens is 1. The molecule has 5 aliphatic rings. The van der Waals surface area contributed by atoms with Gasteiger partial charge in [-0.2, -0.15) is 0 Å². The minimum Gasteiger partial charge on any atom is -0.372 e. The Kier molecular flexibility index (Phi) is 6.96. The summed E-state index contributed by atoms with van der Waals surface area (Å²) in [6.45, 7) is 6.31. The van der Waals surface area contributed by atoms with Gasteiger partial charge >= 0.3 is 0 Å². The fraction of sp³-hybridized carbons (Fsp3) is 0.952. The summed E-state index contributed by atoms with van der Waals surface area (Å²) in [6.07, 6.45) is 2.10. The van der Waals surface area contributed by atoms with Crippen LogP contribution in [0, 0.1) is 5.92 Å². The zero-order valence-electron chi connectivity index (χ0n) is 19.0. The highest BCUT2D eigenvalue weighted by molar-refractivity contribution is 5.81. The molecule has 0 bridgehead atoms. The molecule has 32 heavy (non-hydrogen) atoms. The van der Waals surface area contributed by atoms with E-state index in [1.54, 1.807) is 5.01 Å². The van der Waals surface area contributed by atoms with Gasteiger partial charge in [0, 0.05) is 51.9 Å². The predicted molar refractivity (Wildman–Crippen MR) is 118 cm³/mol. The van der Waals surface area contributed by atoms with Crippen LogP contribution in [-0.2, 0) is 9.53 Å². The number of hydrogen-bond acceptors (Lipinski definition) is 9. The van der Waals surface area contributed by atoms with Crippen LogP contribution in [0.1, 0.15) is 19.3 Å². The molecule has 0 aliphatic carbocycles. The average Bonchev–Trinajstić information content (AvgIpc) is 3.08. The minimum absolute atomic E-state index is 0.0350. The van der Waals surface area contributed by atoms with Gasteiger partial charge in [-0.05, 0) is 32.9 Å². The quantitative estimate of drug-likeness (QED) is 0.311. The number of amides is 1. The van der Waals surface area contributed by atoms with Crippen LogP contribution in [0.4, 0.5) is 4.39 Å². The van der Waals surface area contributed by atoms with Crippen molar-refractivity contribution >= 4 is 5.91 Å². The number of likely N-dealkylation sites (tertiary alicyclic amines) is 2. The fourth-order valence-electron chi connectivity index (χ4n) is 6.03. The highest BCUT2D eigenvalue weighted by Crippen LogP contribution is 2.25. The molecule has 0 aromatic heterocycles. The molecule has 6 N–H and O–H groups in total. The highest BCUT2D eigenvalue weighted by atomic mass is 19.1. The van der Waals surface area contributed by atoms with Gasteiger partial charge in [-0.15, -0.1) is 0 Å². The number of carbonyl (C=O) groups excluding carboxylic acids is 1. The van der Waals surface area contributed by atoms with Crippen molar-refractivity contribution in [3.8, 4) is 0 Å². The number of piperidine rings is 2. The first-order chi connectivity index (χ1) is 15.5. The Bertz CT molecular complexity index is 660. The van der Waals surface area contributed by atoms with E-state index in [2.05, 4.69) is 38.2 Å². The molecule has 182 valence electrons. The van der Waals surface area contributed by atoms with E-state index in [1.165, 1.54) is 0 Å². The van der Waals surface area contributed by atoms with Crippen molar-refractivity contribution in [1.29, 1.82) is 0 Å². The molecule has 0 aromatic rings. The van der Waals surface area contributed by atoms with Crippen molar-refractivity contribution in [2.75, 3.05) is 59.4 Å². The van der Waals surface area contributed by atoms with Crippen LogP contribution in [0.2, 0.25) is 0 Å². The van der Waals surface area contributed by atoms with Crippen LogP contribution < -0.4 is 27.1 Å². The van der Waals surface area contributed by atoms with Crippen molar-refractivity contribution in [3.63, 3.8) is 0 Å². The van der Waals surface area contributed by atoms with Crippen LogP contribution in [-0.4, -0.2) is 123 Å². The second-order valence-corrected chi connectivity index (χ2v) is 10.2. The Balaban J connectivity index is 1.15. The second-order valence-electron chi connectivity index (χ2n) is 10.2. The van der Waals surface area contributed by atoms with Crippen molar-refractivity contribution in [1.82, 2.24) is 36.2 Å². The Morgan fingerprint density at radius 2 is 1.91 bits per heavy atom. The molecular formula is C21H39FN8O2. The van der Waals surface area contributed by atoms with E-state index >= 15 is 0 Å². The van der Waals surface area contributed by atoms with E-state index in [0.717, 1.165) is 58.5 Å². The number of alkyl halides is 1. The molecule has 6 atom stereocenters. The first kappa shape index (κ1) is 22.9. The Hall–Kier alpha value is -0.920. The lowest BCUT2D eigenvalue weighted by atomic mass is 9.94. The number of carbonyl (C=O) groups is 1. The van der Waals surface area contributed by atoms with E-state index in [4.69, 9.17) is 10.5 Å². The number of nitrogens with two attached hydrogens (primary N) is 1. The molecular weight excluding hydrogens is 415 g/mol. The molecule has 5 saturated heterocycles. The molecule has 5 fully saturated rings. The molecule has 0 aromatic carbocycles. The lowest BCUT2D eigenvalue weighted by molar-refractivity contribution is -0.128. The molecule has 10 nitrogen and oxygen atoms in total. The van der Waals surface area contributed by atoms with Gasteiger partial charge in [0.2, 0.25) is 5.91 Å². The van der Waals surface area contributed by atoms with Gasteiger partial charge in [0.25, 0.3) is 0 Å². The fourth-order valence-corrected chi connectivity index (χ4v) is 6.03. The summed E-state index contributed by atoms with van der Waals surface area (Å²) >= 11 is 0. The Morgan fingerprint density at radius 1 is 1.12 bits per heavy atom. The smallest absolute Gasteiger partial charge is 0.229 e. The molecule has 5 heterocycles. The standard InChI is InChI=1S/C21H39FN8O2/c1-28-11-15(12-28)32-14-3-6-29(7-4-14)17-2-5-24-9-16(17)26-21(31)18-19(23)27-30-10-13(22)8-25-20(18)30/h13-20,24-25,27H,2-12,23H2,1H3,(H,26,31). The van der Waals surface area contributed by atoms with Crippen LogP contribution >= 0.6 is 0 Å². The van der Waals surface area contributed by atoms with Crippen LogP contribution in [0.25, 0.3) is 0 Å².